The van der Waals surface area contributed by atoms with Gasteiger partial charge in [-0.1, -0.05) is 53.8 Å². The summed E-state index contributed by atoms with van der Waals surface area (Å²) in [6.45, 7) is 6.26. The highest BCUT2D eigenvalue weighted by Gasteiger charge is 2.28. The second kappa shape index (κ2) is 9.26. The zero-order valence-corrected chi connectivity index (χ0v) is 18.3. The van der Waals surface area contributed by atoms with Crippen molar-refractivity contribution in [3.8, 4) is 11.5 Å². The van der Waals surface area contributed by atoms with Crippen LogP contribution in [0.3, 0.4) is 0 Å². The summed E-state index contributed by atoms with van der Waals surface area (Å²) in [5, 5.41) is 0. The fourth-order valence-corrected chi connectivity index (χ4v) is 3.67. The maximum absolute atomic E-state index is 5.78. The molecular formula is C22H27IO4. The van der Waals surface area contributed by atoms with Gasteiger partial charge in [-0.2, -0.15) is 0 Å². The normalized spacial score (nSPS) is 19.2. The monoisotopic (exact) mass is 482 g/mol. The van der Waals surface area contributed by atoms with Crippen molar-refractivity contribution >= 4 is 22.6 Å². The van der Waals surface area contributed by atoms with Crippen molar-refractivity contribution in [1.29, 1.82) is 0 Å². The Morgan fingerprint density at radius 1 is 1.04 bits per heavy atom. The first-order valence-electron chi connectivity index (χ1n) is 9.22. The van der Waals surface area contributed by atoms with Gasteiger partial charge in [0.05, 0.1) is 12.7 Å². The number of hydrogen-bond acceptors (Lipinski definition) is 4. The standard InChI is InChI=1S/C22H27IO4/c1-16(24-3)12-25-19-8-4-17(5-9-19)22(2,15-23)18-6-10-20(11-7-18)26-13-21-14-27-21/h4-11,16,21H,12-15H2,1-3H3. The molecule has 3 rings (SSSR count). The summed E-state index contributed by atoms with van der Waals surface area (Å²) in [4.78, 5) is 0. The first-order chi connectivity index (χ1) is 13.0. The lowest BCUT2D eigenvalue weighted by molar-refractivity contribution is 0.0716. The second-order valence-corrected chi connectivity index (χ2v) is 7.90. The van der Waals surface area contributed by atoms with Gasteiger partial charge in [0.25, 0.3) is 0 Å². The number of hydrogen-bond donors (Lipinski definition) is 0. The number of ether oxygens (including phenoxy) is 4. The third-order valence-electron chi connectivity index (χ3n) is 4.98. The lowest BCUT2D eigenvalue weighted by atomic mass is 9.78. The molecule has 2 aromatic carbocycles. The number of alkyl halides is 1. The number of benzene rings is 2. The average Bonchev–Trinajstić information content (AvgIpc) is 3.55. The molecule has 0 bridgehead atoms. The van der Waals surface area contributed by atoms with Crippen LogP contribution in [0.1, 0.15) is 25.0 Å². The fraction of sp³-hybridized carbons (Fsp3) is 0.455. The van der Waals surface area contributed by atoms with Gasteiger partial charge in [-0.15, -0.1) is 0 Å². The minimum absolute atomic E-state index is 0.0724. The predicted octanol–water partition coefficient (Wildman–Crippen LogP) is 4.62. The Balaban J connectivity index is 1.69. The van der Waals surface area contributed by atoms with Gasteiger partial charge in [0.1, 0.15) is 30.8 Å². The molecule has 1 aliphatic heterocycles. The molecule has 2 aromatic rings. The van der Waals surface area contributed by atoms with Crippen LogP contribution < -0.4 is 9.47 Å². The maximum atomic E-state index is 5.78. The van der Waals surface area contributed by atoms with Crippen LogP contribution in [0, 0.1) is 0 Å². The molecule has 1 aliphatic rings. The van der Waals surface area contributed by atoms with E-state index >= 15 is 0 Å². The number of halogens is 1. The van der Waals surface area contributed by atoms with Gasteiger partial charge >= 0.3 is 0 Å². The van der Waals surface area contributed by atoms with Crippen LogP contribution in [0.5, 0.6) is 11.5 Å². The largest absolute Gasteiger partial charge is 0.491 e. The summed E-state index contributed by atoms with van der Waals surface area (Å²) in [6.07, 6.45) is 0.355. The third-order valence-corrected chi connectivity index (χ3v) is 6.50. The number of rotatable bonds is 10. The van der Waals surface area contributed by atoms with Gasteiger partial charge in [-0.25, -0.2) is 0 Å². The van der Waals surface area contributed by atoms with Gasteiger partial charge in [0, 0.05) is 17.0 Å². The minimum Gasteiger partial charge on any atom is -0.491 e. The molecule has 3 unspecified atom stereocenters. The quantitative estimate of drug-likeness (QED) is 0.282. The van der Waals surface area contributed by atoms with Crippen molar-refractivity contribution in [2.24, 2.45) is 0 Å². The first-order valence-corrected chi connectivity index (χ1v) is 10.7. The molecule has 0 aromatic heterocycles. The van der Waals surface area contributed by atoms with Crippen molar-refractivity contribution in [1.82, 2.24) is 0 Å². The molecule has 0 spiro atoms. The molecule has 0 radical (unpaired) electrons. The van der Waals surface area contributed by atoms with E-state index in [-0.39, 0.29) is 17.6 Å². The third kappa shape index (κ3) is 5.36. The fourth-order valence-electron chi connectivity index (χ4n) is 2.79. The number of methoxy groups -OCH3 is 1. The Labute approximate surface area is 175 Å². The van der Waals surface area contributed by atoms with Crippen LogP contribution in [0.2, 0.25) is 0 Å². The minimum atomic E-state index is -0.0724. The van der Waals surface area contributed by atoms with E-state index in [2.05, 4.69) is 53.8 Å². The van der Waals surface area contributed by atoms with E-state index in [1.165, 1.54) is 11.1 Å². The summed E-state index contributed by atoms with van der Waals surface area (Å²) < 4.78 is 22.9. The summed E-state index contributed by atoms with van der Waals surface area (Å²) in [5.74, 6) is 1.76. The summed E-state index contributed by atoms with van der Waals surface area (Å²) in [7, 11) is 1.69. The Kier molecular flexibility index (Phi) is 7.00. The Hall–Kier alpha value is -1.31. The topological polar surface area (TPSA) is 40.2 Å². The summed E-state index contributed by atoms with van der Waals surface area (Å²) in [5.41, 5.74) is 2.47. The highest BCUT2D eigenvalue weighted by atomic mass is 127. The van der Waals surface area contributed by atoms with Gasteiger partial charge in [-0.3, -0.25) is 0 Å². The molecule has 0 amide bonds. The van der Waals surface area contributed by atoms with E-state index in [0.717, 1.165) is 22.5 Å². The lowest BCUT2D eigenvalue weighted by Gasteiger charge is -2.29. The van der Waals surface area contributed by atoms with Crippen molar-refractivity contribution in [2.45, 2.75) is 31.5 Å². The Morgan fingerprint density at radius 3 is 2.00 bits per heavy atom. The van der Waals surface area contributed by atoms with E-state index < -0.39 is 0 Å². The molecule has 1 saturated heterocycles. The molecule has 27 heavy (non-hydrogen) atoms. The van der Waals surface area contributed by atoms with E-state index in [4.69, 9.17) is 18.9 Å². The van der Waals surface area contributed by atoms with E-state index in [1.54, 1.807) is 7.11 Å². The zero-order valence-electron chi connectivity index (χ0n) is 16.1. The van der Waals surface area contributed by atoms with Gasteiger partial charge < -0.3 is 18.9 Å². The molecule has 1 heterocycles. The van der Waals surface area contributed by atoms with Crippen LogP contribution >= 0.6 is 22.6 Å². The Morgan fingerprint density at radius 2 is 1.56 bits per heavy atom. The zero-order chi connectivity index (χ0) is 19.3. The van der Waals surface area contributed by atoms with Crippen LogP contribution in [0.15, 0.2) is 48.5 Å². The van der Waals surface area contributed by atoms with Crippen molar-refractivity contribution in [2.75, 3.05) is 31.4 Å². The molecule has 4 nitrogen and oxygen atoms in total. The SMILES string of the molecule is COC(C)COc1ccc(C(C)(CI)c2ccc(OCC3CO3)cc2)cc1. The van der Waals surface area contributed by atoms with Crippen molar-refractivity contribution in [3.05, 3.63) is 59.7 Å². The van der Waals surface area contributed by atoms with Crippen molar-refractivity contribution in [3.63, 3.8) is 0 Å². The maximum Gasteiger partial charge on any atom is 0.119 e. The van der Waals surface area contributed by atoms with Crippen LogP contribution in [-0.4, -0.2) is 43.6 Å². The molecule has 1 fully saturated rings. The van der Waals surface area contributed by atoms with Gasteiger partial charge in [0.2, 0.25) is 0 Å². The van der Waals surface area contributed by atoms with Gasteiger partial charge in [-0.05, 0) is 42.3 Å². The van der Waals surface area contributed by atoms with E-state index in [9.17, 15) is 0 Å². The lowest BCUT2D eigenvalue weighted by Crippen LogP contribution is -2.25. The Bertz CT molecular complexity index is 712. The first kappa shape index (κ1) is 20.4. The van der Waals surface area contributed by atoms with E-state index in [0.29, 0.717) is 13.2 Å². The van der Waals surface area contributed by atoms with Crippen LogP contribution in [0.4, 0.5) is 0 Å². The molecule has 146 valence electrons. The van der Waals surface area contributed by atoms with E-state index in [1.807, 2.05) is 31.2 Å². The van der Waals surface area contributed by atoms with Crippen molar-refractivity contribution < 1.29 is 18.9 Å². The van der Waals surface area contributed by atoms with Crippen LogP contribution in [0.25, 0.3) is 0 Å². The highest BCUT2D eigenvalue weighted by molar-refractivity contribution is 14.1. The summed E-state index contributed by atoms with van der Waals surface area (Å²) >= 11 is 2.46. The average molecular weight is 482 g/mol. The second-order valence-electron chi connectivity index (χ2n) is 7.14. The number of epoxide rings is 1. The predicted molar refractivity (Wildman–Crippen MR) is 115 cm³/mol. The smallest absolute Gasteiger partial charge is 0.119 e. The molecule has 0 aliphatic carbocycles. The molecule has 0 saturated carbocycles. The molecule has 0 N–H and O–H groups in total. The van der Waals surface area contributed by atoms with Gasteiger partial charge in [0.15, 0.2) is 0 Å². The van der Waals surface area contributed by atoms with Crippen LogP contribution in [-0.2, 0) is 14.9 Å². The summed E-state index contributed by atoms with van der Waals surface area (Å²) in [6, 6.07) is 16.8. The molecule has 5 heteroatoms. The molecule has 3 atom stereocenters. The molecular weight excluding hydrogens is 455 g/mol. The highest BCUT2D eigenvalue weighted by Crippen LogP contribution is 2.35.